The van der Waals surface area contributed by atoms with E-state index in [0.717, 1.165) is 38.5 Å². The zero-order valence-corrected chi connectivity index (χ0v) is 56.8. The molecule has 1 rings (SSSR count). The Bertz CT molecular complexity index is 1400. The predicted molar refractivity (Wildman–Crippen MR) is 363 cm³/mol. The minimum Gasteiger partial charge on any atom is -0.394 e. The number of nitrogens with one attached hydrogen (secondary N) is 1. The van der Waals surface area contributed by atoms with Crippen LogP contribution in [0.1, 0.15) is 393 Å². The minimum absolute atomic E-state index is 0.264. The molecule has 0 aromatic carbocycles. The lowest BCUT2D eigenvalue weighted by Gasteiger charge is -2.40. The van der Waals surface area contributed by atoms with E-state index in [1.54, 1.807) is 0 Å². The van der Waals surface area contributed by atoms with E-state index in [9.17, 15) is 40.5 Å². The molecule has 11 nitrogen and oxygen atoms in total. The Morgan fingerprint density at radius 3 is 0.977 bits per heavy atom. The third kappa shape index (κ3) is 50.5. The Labute approximate surface area is 532 Å². The van der Waals surface area contributed by atoms with E-state index < -0.39 is 74.2 Å². The third-order valence-corrected chi connectivity index (χ3v) is 18.8. The summed E-state index contributed by atoms with van der Waals surface area (Å²) in [5, 5.41) is 76.7. The van der Waals surface area contributed by atoms with Gasteiger partial charge in [-0.15, -0.1) is 0 Å². The normalized spacial score (nSPS) is 18.7. The van der Waals surface area contributed by atoms with Crippen LogP contribution in [-0.4, -0.2) is 110 Å². The number of hydrogen-bond acceptors (Lipinski definition) is 10. The molecule has 9 unspecified atom stereocenters. The van der Waals surface area contributed by atoms with Crippen LogP contribution in [0.15, 0.2) is 12.2 Å². The second-order valence-electron chi connectivity index (χ2n) is 27.1. The summed E-state index contributed by atoms with van der Waals surface area (Å²) in [5.41, 5.74) is 0. The van der Waals surface area contributed by atoms with Gasteiger partial charge in [-0.2, -0.15) is 0 Å². The molecule has 0 aromatic rings. The van der Waals surface area contributed by atoms with E-state index in [-0.39, 0.29) is 6.42 Å². The highest BCUT2D eigenvalue weighted by molar-refractivity contribution is 5.80. The van der Waals surface area contributed by atoms with Crippen molar-refractivity contribution in [1.82, 2.24) is 5.32 Å². The first kappa shape index (κ1) is 82.9. The Morgan fingerprint density at radius 2 is 0.674 bits per heavy atom. The quantitative estimate of drug-likeness (QED) is 0.0215. The Balaban J connectivity index is 2.15. The van der Waals surface area contributed by atoms with Crippen LogP contribution < -0.4 is 5.32 Å². The van der Waals surface area contributed by atoms with E-state index in [1.165, 1.54) is 315 Å². The van der Waals surface area contributed by atoms with Crippen molar-refractivity contribution in [3.8, 4) is 0 Å². The molecule has 1 heterocycles. The molecule has 86 heavy (non-hydrogen) atoms. The largest absolute Gasteiger partial charge is 0.394 e. The van der Waals surface area contributed by atoms with Gasteiger partial charge < -0.3 is 50.5 Å². The van der Waals surface area contributed by atoms with E-state index in [0.29, 0.717) is 19.3 Å². The molecule has 1 amide bonds. The SMILES string of the molecule is CCCCCCCCCCCCCC/C=C\CCCCCCCCCCCCCCC(O)C(=O)NC(COC1OC(CO)C(O)C(O)C1O)C(O)C(O)CCCCCCCCCCCCCCCCCCCCCCCCCCCCCCCCC. The molecule has 11 heteroatoms. The molecule has 0 spiro atoms. The molecule has 1 fully saturated rings. The molecule has 0 radical (unpaired) electrons. The summed E-state index contributed by atoms with van der Waals surface area (Å²) in [6.45, 7) is 3.53. The summed E-state index contributed by atoms with van der Waals surface area (Å²) in [4.78, 5) is 13.3. The van der Waals surface area contributed by atoms with Crippen molar-refractivity contribution in [2.24, 2.45) is 0 Å². The lowest BCUT2D eigenvalue weighted by atomic mass is 9.98. The van der Waals surface area contributed by atoms with E-state index in [1.807, 2.05) is 0 Å². The van der Waals surface area contributed by atoms with Crippen molar-refractivity contribution in [2.75, 3.05) is 13.2 Å². The maximum atomic E-state index is 13.3. The number of rotatable bonds is 68. The van der Waals surface area contributed by atoms with Crippen LogP contribution >= 0.6 is 0 Å². The van der Waals surface area contributed by atoms with E-state index in [4.69, 9.17) is 9.47 Å². The van der Waals surface area contributed by atoms with Gasteiger partial charge in [0.2, 0.25) is 5.91 Å². The van der Waals surface area contributed by atoms with E-state index >= 15 is 0 Å². The van der Waals surface area contributed by atoms with Gasteiger partial charge in [0.1, 0.15) is 36.6 Å². The van der Waals surface area contributed by atoms with Gasteiger partial charge in [-0.1, -0.05) is 366 Å². The van der Waals surface area contributed by atoms with Crippen LogP contribution in [0, 0.1) is 0 Å². The Kier molecular flexibility index (Phi) is 61.6. The van der Waals surface area contributed by atoms with E-state index in [2.05, 4.69) is 31.3 Å². The first-order chi connectivity index (χ1) is 42.2. The van der Waals surface area contributed by atoms with Crippen LogP contribution in [-0.2, 0) is 14.3 Å². The zero-order chi connectivity index (χ0) is 62.4. The Hall–Kier alpha value is -1.15. The number of allylic oxidation sites excluding steroid dienone is 2. The highest BCUT2D eigenvalue weighted by Gasteiger charge is 2.44. The van der Waals surface area contributed by atoms with Gasteiger partial charge in [0.25, 0.3) is 0 Å². The second kappa shape index (κ2) is 64.0. The molecule has 0 aromatic heterocycles. The molecule has 9 atom stereocenters. The maximum Gasteiger partial charge on any atom is 0.249 e. The van der Waals surface area contributed by atoms with Crippen LogP contribution in [0.3, 0.4) is 0 Å². The fourth-order valence-electron chi connectivity index (χ4n) is 12.7. The molecular formula is C75H147NO10. The Morgan fingerprint density at radius 1 is 0.395 bits per heavy atom. The number of amides is 1. The molecule has 1 aliphatic heterocycles. The summed E-state index contributed by atoms with van der Waals surface area (Å²) < 4.78 is 11.2. The highest BCUT2D eigenvalue weighted by atomic mass is 16.7. The van der Waals surface area contributed by atoms with Gasteiger partial charge in [-0.25, -0.2) is 0 Å². The monoisotopic (exact) mass is 1220 g/mol. The smallest absolute Gasteiger partial charge is 0.249 e. The number of carbonyl (C=O) groups excluding carboxylic acids is 1. The lowest BCUT2D eigenvalue weighted by Crippen LogP contribution is -2.60. The average molecular weight is 1220 g/mol. The standard InChI is InChI=1S/C75H147NO10/c1-3-5-7-9-11-13-15-17-19-21-23-25-27-29-31-33-34-35-37-38-40-42-44-46-48-50-52-54-56-58-60-62-67(78)70(80)66(65-85-75-73(83)72(82)71(81)69(64-77)86-75)76-74(84)68(79)63-61-59-57-55-53-51-49-47-45-43-41-39-36-32-30-28-26-24-22-20-18-16-14-12-10-8-6-4-2/h30,32,66-73,75,77-83H,3-29,31,33-65H2,1-2H3,(H,76,84)/b32-30-. The predicted octanol–water partition coefficient (Wildman–Crippen LogP) is 19.0. The molecule has 1 aliphatic rings. The van der Waals surface area contributed by atoms with Crippen LogP contribution in [0.2, 0.25) is 0 Å². The van der Waals surface area contributed by atoms with Crippen molar-refractivity contribution in [1.29, 1.82) is 0 Å². The zero-order valence-electron chi connectivity index (χ0n) is 56.8. The fraction of sp³-hybridized carbons (Fsp3) is 0.960. The summed E-state index contributed by atoms with van der Waals surface area (Å²) in [7, 11) is 0. The number of hydrogen-bond donors (Lipinski definition) is 8. The number of aliphatic hydroxyl groups excluding tert-OH is 7. The summed E-state index contributed by atoms with van der Waals surface area (Å²) in [5.74, 6) is -0.689. The molecule has 8 N–H and O–H groups in total. The molecule has 0 saturated carbocycles. The van der Waals surface area contributed by atoms with Crippen molar-refractivity contribution < 1.29 is 50.0 Å². The summed E-state index contributed by atoms with van der Waals surface area (Å²) >= 11 is 0. The molecule has 0 aliphatic carbocycles. The molecular weight excluding hydrogens is 1070 g/mol. The highest BCUT2D eigenvalue weighted by Crippen LogP contribution is 2.24. The first-order valence-electron chi connectivity index (χ1n) is 38.1. The molecule has 0 bridgehead atoms. The van der Waals surface area contributed by atoms with Crippen LogP contribution in [0.4, 0.5) is 0 Å². The molecule has 1 saturated heterocycles. The van der Waals surface area contributed by atoms with Crippen LogP contribution in [0.5, 0.6) is 0 Å². The van der Waals surface area contributed by atoms with Gasteiger partial charge in [0.05, 0.1) is 25.4 Å². The lowest BCUT2D eigenvalue weighted by molar-refractivity contribution is -0.303. The second-order valence-corrected chi connectivity index (χ2v) is 27.1. The fourth-order valence-corrected chi connectivity index (χ4v) is 12.7. The first-order valence-corrected chi connectivity index (χ1v) is 38.1. The van der Waals surface area contributed by atoms with Crippen molar-refractivity contribution in [3.05, 3.63) is 12.2 Å². The van der Waals surface area contributed by atoms with Gasteiger partial charge in [0.15, 0.2) is 6.29 Å². The van der Waals surface area contributed by atoms with Crippen molar-refractivity contribution >= 4 is 5.91 Å². The van der Waals surface area contributed by atoms with Gasteiger partial charge in [-0.3, -0.25) is 4.79 Å². The molecule has 512 valence electrons. The number of carbonyl (C=O) groups is 1. The number of aliphatic hydroxyl groups is 7. The van der Waals surface area contributed by atoms with Crippen molar-refractivity contribution in [2.45, 2.75) is 448 Å². The topological polar surface area (TPSA) is 189 Å². The summed E-state index contributed by atoms with van der Waals surface area (Å²) in [6, 6.07) is -1.17. The summed E-state index contributed by atoms with van der Waals surface area (Å²) in [6.07, 6.45) is 68.8. The number of ether oxygens (including phenoxy) is 2. The van der Waals surface area contributed by atoms with Gasteiger partial charge >= 0.3 is 0 Å². The average Bonchev–Trinajstić information content (AvgIpc) is 2.54. The minimum atomic E-state index is -1.66. The van der Waals surface area contributed by atoms with Crippen LogP contribution in [0.25, 0.3) is 0 Å². The van der Waals surface area contributed by atoms with Gasteiger partial charge in [0, 0.05) is 0 Å². The van der Waals surface area contributed by atoms with Gasteiger partial charge in [-0.05, 0) is 38.5 Å². The van der Waals surface area contributed by atoms with Crippen molar-refractivity contribution in [3.63, 3.8) is 0 Å². The maximum absolute atomic E-state index is 13.3. The number of unbranched alkanes of at least 4 members (excludes halogenated alkanes) is 54. The third-order valence-electron chi connectivity index (χ3n) is 18.8.